The quantitative estimate of drug-likeness (QED) is 0.778. The van der Waals surface area contributed by atoms with Gasteiger partial charge in [-0.25, -0.2) is 0 Å². The van der Waals surface area contributed by atoms with Gasteiger partial charge in [-0.15, -0.1) is 11.3 Å². The molecule has 0 amide bonds. The van der Waals surface area contributed by atoms with Crippen molar-refractivity contribution in [1.82, 2.24) is 5.32 Å². The Balaban J connectivity index is 2.27. The van der Waals surface area contributed by atoms with E-state index in [4.69, 9.17) is 5.11 Å². The van der Waals surface area contributed by atoms with E-state index in [0.29, 0.717) is 6.54 Å². The van der Waals surface area contributed by atoms with Crippen LogP contribution in [0.2, 0.25) is 0 Å². The summed E-state index contributed by atoms with van der Waals surface area (Å²) in [6.07, 6.45) is 0. The molecule has 62 valence electrons. The van der Waals surface area contributed by atoms with Crippen molar-refractivity contribution in [2.75, 3.05) is 13.2 Å². The maximum absolute atomic E-state index is 8.48. The van der Waals surface area contributed by atoms with E-state index in [2.05, 4.69) is 32.7 Å². The van der Waals surface area contributed by atoms with Gasteiger partial charge in [0.25, 0.3) is 0 Å². The fourth-order valence-corrected chi connectivity index (χ4v) is 2.16. The first kappa shape index (κ1) is 9.19. The lowest BCUT2D eigenvalue weighted by Gasteiger charge is -1.97. The lowest BCUT2D eigenvalue weighted by atomic mass is 10.4. The van der Waals surface area contributed by atoms with E-state index >= 15 is 0 Å². The molecule has 4 heteroatoms. The minimum absolute atomic E-state index is 0.201. The van der Waals surface area contributed by atoms with Gasteiger partial charge in [0, 0.05) is 27.8 Å². The van der Waals surface area contributed by atoms with Crippen LogP contribution in [0.3, 0.4) is 0 Å². The van der Waals surface area contributed by atoms with Crippen molar-refractivity contribution in [3.05, 3.63) is 20.8 Å². The number of thiophene rings is 1. The third-order valence-corrected chi connectivity index (χ3v) is 2.91. The molecule has 1 aromatic heterocycles. The predicted molar refractivity (Wildman–Crippen MR) is 50.8 cm³/mol. The first-order chi connectivity index (χ1) is 5.33. The van der Waals surface area contributed by atoms with Gasteiger partial charge >= 0.3 is 0 Å². The van der Waals surface area contributed by atoms with Crippen molar-refractivity contribution in [3.8, 4) is 0 Å². The summed E-state index contributed by atoms with van der Waals surface area (Å²) in [6.45, 7) is 1.71. The molecule has 0 atom stereocenters. The lowest BCUT2D eigenvalue weighted by Crippen LogP contribution is -2.16. The van der Waals surface area contributed by atoms with Crippen LogP contribution in [0.4, 0.5) is 0 Å². The second-order valence-corrected chi connectivity index (χ2v) is 4.04. The Hall–Kier alpha value is 0.1000. The Bertz CT molecular complexity index is 214. The number of aliphatic hydroxyl groups excluding tert-OH is 1. The van der Waals surface area contributed by atoms with E-state index in [0.717, 1.165) is 11.0 Å². The molecule has 0 saturated heterocycles. The van der Waals surface area contributed by atoms with Crippen LogP contribution < -0.4 is 5.32 Å². The molecule has 0 saturated carbocycles. The van der Waals surface area contributed by atoms with Gasteiger partial charge in [-0.1, -0.05) is 0 Å². The zero-order valence-electron chi connectivity index (χ0n) is 6.01. The highest BCUT2D eigenvalue weighted by Crippen LogP contribution is 2.19. The van der Waals surface area contributed by atoms with Crippen LogP contribution in [0.15, 0.2) is 15.9 Å². The number of hydrogen-bond donors (Lipinski definition) is 2. The third kappa shape index (κ3) is 3.33. The van der Waals surface area contributed by atoms with Crippen LogP contribution in [0, 0.1) is 0 Å². The maximum Gasteiger partial charge on any atom is 0.0556 e. The molecular formula is C7H10BrNOS. The Kier molecular flexibility index (Phi) is 4.07. The summed E-state index contributed by atoms with van der Waals surface area (Å²) in [7, 11) is 0. The average molecular weight is 236 g/mol. The van der Waals surface area contributed by atoms with E-state index in [-0.39, 0.29) is 6.61 Å². The summed E-state index contributed by atoms with van der Waals surface area (Å²) in [5.74, 6) is 0. The molecule has 0 aliphatic rings. The Morgan fingerprint density at radius 3 is 3.00 bits per heavy atom. The standard InChI is InChI=1S/C7H10BrNOS/c8-6-3-7(11-5-6)4-9-1-2-10/h3,5,9-10H,1-2,4H2. The van der Waals surface area contributed by atoms with Gasteiger partial charge in [0.05, 0.1) is 6.61 Å². The number of nitrogens with one attached hydrogen (secondary N) is 1. The highest BCUT2D eigenvalue weighted by atomic mass is 79.9. The van der Waals surface area contributed by atoms with E-state index in [9.17, 15) is 0 Å². The normalized spacial score (nSPS) is 10.4. The molecule has 0 radical (unpaired) electrons. The second-order valence-electron chi connectivity index (χ2n) is 2.13. The zero-order valence-corrected chi connectivity index (χ0v) is 8.41. The van der Waals surface area contributed by atoms with Crippen LogP contribution >= 0.6 is 27.3 Å². The summed E-state index contributed by atoms with van der Waals surface area (Å²) in [5, 5.41) is 13.6. The molecule has 1 rings (SSSR count). The first-order valence-corrected chi connectivity index (χ1v) is 5.04. The Labute approximate surface area is 78.4 Å². The fourth-order valence-electron chi connectivity index (χ4n) is 0.737. The monoisotopic (exact) mass is 235 g/mol. The van der Waals surface area contributed by atoms with Gasteiger partial charge in [0.15, 0.2) is 0 Å². The fraction of sp³-hybridized carbons (Fsp3) is 0.429. The summed E-state index contributed by atoms with van der Waals surface area (Å²) >= 11 is 5.08. The SMILES string of the molecule is OCCNCc1cc(Br)cs1. The summed E-state index contributed by atoms with van der Waals surface area (Å²) < 4.78 is 1.13. The van der Waals surface area contributed by atoms with Gasteiger partial charge < -0.3 is 10.4 Å². The van der Waals surface area contributed by atoms with Crippen molar-refractivity contribution >= 4 is 27.3 Å². The lowest BCUT2D eigenvalue weighted by molar-refractivity contribution is 0.292. The van der Waals surface area contributed by atoms with E-state index in [1.54, 1.807) is 11.3 Å². The van der Waals surface area contributed by atoms with Crippen LogP contribution in [-0.4, -0.2) is 18.3 Å². The Morgan fingerprint density at radius 2 is 2.45 bits per heavy atom. The smallest absolute Gasteiger partial charge is 0.0556 e. The molecule has 0 aliphatic carbocycles. The summed E-state index contributed by atoms with van der Waals surface area (Å²) in [4.78, 5) is 1.28. The molecule has 0 aliphatic heterocycles. The van der Waals surface area contributed by atoms with E-state index < -0.39 is 0 Å². The molecule has 1 aromatic rings. The first-order valence-electron chi connectivity index (χ1n) is 3.37. The number of hydrogen-bond acceptors (Lipinski definition) is 3. The molecule has 1 heterocycles. The molecule has 0 aromatic carbocycles. The molecular weight excluding hydrogens is 226 g/mol. The summed E-state index contributed by atoms with van der Waals surface area (Å²) in [6, 6.07) is 2.08. The molecule has 0 fully saturated rings. The zero-order chi connectivity index (χ0) is 8.10. The van der Waals surface area contributed by atoms with Crippen molar-refractivity contribution in [1.29, 1.82) is 0 Å². The molecule has 2 nitrogen and oxygen atoms in total. The van der Waals surface area contributed by atoms with Crippen molar-refractivity contribution in [2.24, 2.45) is 0 Å². The average Bonchev–Trinajstić information content (AvgIpc) is 2.37. The van der Waals surface area contributed by atoms with Gasteiger partial charge in [-0.3, -0.25) is 0 Å². The van der Waals surface area contributed by atoms with Crippen molar-refractivity contribution in [2.45, 2.75) is 6.54 Å². The molecule has 11 heavy (non-hydrogen) atoms. The van der Waals surface area contributed by atoms with E-state index in [1.165, 1.54) is 4.88 Å². The third-order valence-electron chi connectivity index (χ3n) is 1.21. The van der Waals surface area contributed by atoms with Gasteiger partial charge in [-0.05, 0) is 22.0 Å². The highest BCUT2D eigenvalue weighted by molar-refractivity contribution is 9.10. The van der Waals surface area contributed by atoms with Crippen molar-refractivity contribution in [3.63, 3.8) is 0 Å². The van der Waals surface area contributed by atoms with Crippen LogP contribution in [0.1, 0.15) is 4.88 Å². The Morgan fingerprint density at radius 1 is 1.64 bits per heavy atom. The van der Waals surface area contributed by atoms with E-state index in [1.807, 2.05) is 0 Å². The molecule has 0 spiro atoms. The number of rotatable bonds is 4. The minimum atomic E-state index is 0.201. The molecule has 0 bridgehead atoms. The number of halogens is 1. The predicted octanol–water partition coefficient (Wildman–Crippen LogP) is 1.59. The topological polar surface area (TPSA) is 32.3 Å². The van der Waals surface area contributed by atoms with Crippen LogP contribution in [-0.2, 0) is 6.54 Å². The van der Waals surface area contributed by atoms with Crippen LogP contribution in [0.5, 0.6) is 0 Å². The largest absolute Gasteiger partial charge is 0.395 e. The molecule has 2 N–H and O–H groups in total. The number of aliphatic hydroxyl groups is 1. The van der Waals surface area contributed by atoms with Crippen LogP contribution in [0.25, 0.3) is 0 Å². The van der Waals surface area contributed by atoms with Gasteiger partial charge in [0.2, 0.25) is 0 Å². The maximum atomic E-state index is 8.48. The summed E-state index contributed by atoms with van der Waals surface area (Å²) in [5.41, 5.74) is 0. The second kappa shape index (κ2) is 4.87. The van der Waals surface area contributed by atoms with Crippen molar-refractivity contribution < 1.29 is 5.11 Å². The minimum Gasteiger partial charge on any atom is -0.395 e. The van der Waals surface area contributed by atoms with Gasteiger partial charge in [0.1, 0.15) is 0 Å². The highest BCUT2D eigenvalue weighted by Gasteiger charge is 1.95. The van der Waals surface area contributed by atoms with Gasteiger partial charge in [-0.2, -0.15) is 0 Å². The molecule has 0 unspecified atom stereocenters.